The highest BCUT2D eigenvalue weighted by Crippen LogP contribution is 2.14. The number of sulfonamides is 1. The van der Waals surface area contributed by atoms with Crippen LogP contribution in [0.25, 0.3) is 0 Å². The zero-order chi connectivity index (χ0) is 15.5. The van der Waals surface area contributed by atoms with Crippen LogP contribution >= 0.6 is 23.8 Å². The van der Waals surface area contributed by atoms with Crippen molar-refractivity contribution in [2.45, 2.75) is 11.4 Å². The zero-order valence-electron chi connectivity index (χ0n) is 10.9. The molecule has 110 valence electrons. The fraction of sp³-hybridized carbons (Fsp3) is 0.0714. The molecule has 0 amide bonds. The van der Waals surface area contributed by atoms with Crippen LogP contribution in [0.3, 0.4) is 0 Å². The Morgan fingerprint density at radius 3 is 2.48 bits per heavy atom. The minimum Gasteiger partial charge on any atom is -0.389 e. The van der Waals surface area contributed by atoms with Gasteiger partial charge in [0.05, 0.1) is 4.90 Å². The van der Waals surface area contributed by atoms with E-state index in [1.807, 2.05) is 0 Å². The topological polar surface area (TPSA) is 72.2 Å². The zero-order valence-corrected chi connectivity index (χ0v) is 13.3. The third-order valence-corrected chi connectivity index (χ3v) is 4.71. The lowest BCUT2D eigenvalue weighted by Gasteiger charge is -2.08. The molecule has 2 aromatic carbocycles. The first-order chi connectivity index (χ1) is 9.88. The van der Waals surface area contributed by atoms with E-state index in [0.717, 1.165) is 5.56 Å². The van der Waals surface area contributed by atoms with Gasteiger partial charge in [0.25, 0.3) is 0 Å². The van der Waals surface area contributed by atoms with Crippen molar-refractivity contribution in [3.63, 3.8) is 0 Å². The summed E-state index contributed by atoms with van der Waals surface area (Å²) < 4.78 is 26.8. The second-order valence-electron chi connectivity index (χ2n) is 4.34. The largest absolute Gasteiger partial charge is 0.389 e. The summed E-state index contributed by atoms with van der Waals surface area (Å²) >= 11 is 10.6. The van der Waals surface area contributed by atoms with E-state index < -0.39 is 10.0 Å². The van der Waals surface area contributed by atoms with Gasteiger partial charge in [0, 0.05) is 17.1 Å². The highest BCUT2D eigenvalue weighted by atomic mass is 35.5. The normalized spacial score (nSPS) is 11.3. The summed E-state index contributed by atoms with van der Waals surface area (Å²) in [5.41, 5.74) is 7.03. The Morgan fingerprint density at radius 1 is 1.19 bits per heavy atom. The van der Waals surface area contributed by atoms with Crippen molar-refractivity contribution in [1.29, 1.82) is 0 Å². The van der Waals surface area contributed by atoms with Gasteiger partial charge in [-0.05, 0) is 35.9 Å². The number of thiocarbonyl (C=S) groups is 1. The van der Waals surface area contributed by atoms with Gasteiger partial charge in [0.15, 0.2) is 0 Å². The van der Waals surface area contributed by atoms with Crippen LogP contribution in [0.4, 0.5) is 0 Å². The van der Waals surface area contributed by atoms with E-state index in [2.05, 4.69) is 4.72 Å². The van der Waals surface area contributed by atoms with Crippen molar-refractivity contribution >= 4 is 38.8 Å². The smallest absolute Gasteiger partial charge is 0.240 e. The molecule has 7 heteroatoms. The van der Waals surface area contributed by atoms with Crippen LogP contribution in [0.5, 0.6) is 0 Å². The van der Waals surface area contributed by atoms with Crippen LogP contribution < -0.4 is 10.5 Å². The molecule has 0 aromatic heterocycles. The molecular formula is C14H13ClN2O2S2. The van der Waals surface area contributed by atoms with Crippen LogP contribution in [0.1, 0.15) is 11.1 Å². The van der Waals surface area contributed by atoms with Crippen molar-refractivity contribution in [3.8, 4) is 0 Å². The molecule has 0 bridgehead atoms. The van der Waals surface area contributed by atoms with Crippen molar-refractivity contribution in [1.82, 2.24) is 4.72 Å². The summed E-state index contributed by atoms with van der Waals surface area (Å²) in [6, 6.07) is 13.1. The lowest BCUT2D eigenvalue weighted by atomic mass is 10.1. The molecule has 0 fully saturated rings. The standard InChI is InChI=1S/C14H13ClN2O2S2/c15-12-4-6-13(7-5-12)21(18,19)17-9-10-2-1-3-11(8-10)14(16)20/h1-8,17H,9H2,(H2,16,20). The molecule has 0 saturated heterocycles. The van der Waals surface area contributed by atoms with E-state index >= 15 is 0 Å². The van der Waals surface area contributed by atoms with Gasteiger partial charge >= 0.3 is 0 Å². The van der Waals surface area contributed by atoms with Gasteiger partial charge in [-0.1, -0.05) is 42.0 Å². The maximum absolute atomic E-state index is 12.1. The molecule has 3 N–H and O–H groups in total. The second kappa shape index (κ2) is 6.53. The number of rotatable bonds is 5. The molecule has 0 spiro atoms. The summed E-state index contributed by atoms with van der Waals surface area (Å²) in [7, 11) is -3.58. The SMILES string of the molecule is NC(=S)c1cccc(CNS(=O)(=O)c2ccc(Cl)cc2)c1. The van der Waals surface area contributed by atoms with Crippen molar-refractivity contribution in [2.24, 2.45) is 5.73 Å². The average Bonchev–Trinajstić information content (AvgIpc) is 2.46. The van der Waals surface area contributed by atoms with Gasteiger partial charge in [0.2, 0.25) is 10.0 Å². The Bertz CT molecular complexity index is 759. The summed E-state index contributed by atoms with van der Waals surface area (Å²) in [4.78, 5) is 0.440. The number of nitrogens with one attached hydrogen (secondary N) is 1. The van der Waals surface area contributed by atoms with Gasteiger partial charge in [-0.15, -0.1) is 0 Å². The predicted molar refractivity (Wildman–Crippen MR) is 87.8 cm³/mol. The molecule has 4 nitrogen and oxygen atoms in total. The number of hydrogen-bond acceptors (Lipinski definition) is 3. The molecule has 2 rings (SSSR count). The lowest BCUT2D eigenvalue weighted by molar-refractivity contribution is 0.581. The fourth-order valence-corrected chi connectivity index (χ4v) is 2.98. The van der Waals surface area contributed by atoms with Gasteiger partial charge in [-0.25, -0.2) is 13.1 Å². The summed E-state index contributed by atoms with van der Waals surface area (Å²) in [5, 5.41) is 0.484. The molecule has 2 aromatic rings. The van der Waals surface area contributed by atoms with Crippen LogP contribution in [0, 0.1) is 0 Å². The maximum atomic E-state index is 12.1. The highest BCUT2D eigenvalue weighted by Gasteiger charge is 2.13. The second-order valence-corrected chi connectivity index (χ2v) is 6.99. The fourth-order valence-electron chi connectivity index (χ4n) is 1.71. The van der Waals surface area contributed by atoms with E-state index in [1.54, 1.807) is 24.3 Å². The molecule has 0 aliphatic rings. The minimum atomic E-state index is -3.58. The maximum Gasteiger partial charge on any atom is 0.240 e. The molecule has 0 aliphatic heterocycles. The Kier molecular flexibility index (Phi) is 4.95. The van der Waals surface area contributed by atoms with Crippen molar-refractivity contribution in [3.05, 3.63) is 64.7 Å². The summed E-state index contributed by atoms with van der Waals surface area (Å²) in [6.07, 6.45) is 0. The van der Waals surface area contributed by atoms with Crippen molar-refractivity contribution in [2.75, 3.05) is 0 Å². The Labute approximate surface area is 134 Å². The summed E-state index contributed by atoms with van der Waals surface area (Å²) in [6.45, 7) is 0.154. The Morgan fingerprint density at radius 2 is 1.86 bits per heavy atom. The minimum absolute atomic E-state index is 0.154. The summed E-state index contributed by atoms with van der Waals surface area (Å²) in [5.74, 6) is 0. The number of hydrogen-bond donors (Lipinski definition) is 2. The molecular weight excluding hydrogens is 328 g/mol. The van der Waals surface area contributed by atoms with Gasteiger partial charge in [-0.2, -0.15) is 0 Å². The van der Waals surface area contributed by atoms with E-state index in [4.69, 9.17) is 29.6 Å². The van der Waals surface area contributed by atoms with E-state index in [0.29, 0.717) is 10.6 Å². The first-order valence-electron chi connectivity index (χ1n) is 6.02. The molecule has 0 saturated carbocycles. The van der Waals surface area contributed by atoms with E-state index in [9.17, 15) is 8.42 Å². The molecule has 21 heavy (non-hydrogen) atoms. The van der Waals surface area contributed by atoms with E-state index in [1.165, 1.54) is 24.3 Å². The van der Waals surface area contributed by atoms with Crippen LogP contribution in [-0.4, -0.2) is 13.4 Å². The highest BCUT2D eigenvalue weighted by molar-refractivity contribution is 7.89. The van der Waals surface area contributed by atoms with Gasteiger partial charge < -0.3 is 5.73 Å². The monoisotopic (exact) mass is 340 g/mol. The third kappa shape index (κ3) is 4.25. The van der Waals surface area contributed by atoms with Gasteiger partial charge in [-0.3, -0.25) is 0 Å². The molecule has 0 radical (unpaired) electrons. The number of benzene rings is 2. The lowest BCUT2D eigenvalue weighted by Crippen LogP contribution is -2.23. The third-order valence-electron chi connectivity index (χ3n) is 2.80. The number of nitrogens with two attached hydrogens (primary N) is 1. The molecule has 0 heterocycles. The van der Waals surface area contributed by atoms with Crippen LogP contribution in [-0.2, 0) is 16.6 Å². The van der Waals surface area contributed by atoms with Crippen LogP contribution in [0.2, 0.25) is 5.02 Å². The Hall–Kier alpha value is -1.47. The van der Waals surface area contributed by atoms with Crippen LogP contribution in [0.15, 0.2) is 53.4 Å². The number of halogens is 1. The average molecular weight is 341 g/mol. The van der Waals surface area contributed by atoms with Crippen molar-refractivity contribution < 1.29 is 8.42 Å². The first-order valence-corrected chi connectivity index (χ1v) is 8.29. The van der Waals surface area contributed by atoms with Gasteiger partial charge in [0.1, 0.15) is 4.99 Å². The molecule has 0 aliphatic carbocycles. The molecule has 0 unspecified atom stereocenters. The Balaban J connectivity index is 2.13. The van der Waals surface area contributed by atoms with E-state index in [-0.39, 0.29) is 16.4 Å². The quantitative estimate of drug-likeness (QED) is 0.820. The first kappa shape index (κ1) is 15.9. The molecule has 0 atom stereocenters. The predicted octanol–water partition coefficient (Wildman–Crippen LogP) is 2.45.